The molecule has 0 amide bonds. The first-order chi connectivity index (χ1) is 28.1. The van der Waals surface area contributed by atoms with E-state index in [4.69, 9.17) is 24.7 Å². The fraction of sp³-hybridized carbons (Fsp3) is 0.214. The van der Waals surface area contributed by atoms with Crippen LogP contribution < -0.4 is 0 Å². The summed E-state index contributed by atoms with van der Waals surface area (Å²) in [6.07, 6.45) is -9.41. The molecule has 0 fully saturated rings. The molecule has 2 heterocycles. The lowest BCUT2D eigenvalue weighted by Crippen LogP contribution is -2.07. The van der Waals surface area contributed by atoms with Gasteiger partial charge in [0.25, 0.3) is 0 Å². The zero-order chi connectivity index (χ0) is 44.5. The molecule has 6 aromatic rings. The van der Waals surface area contributed by atoms with Crippen LogP contribution in [0.5, 0.6) is 0 Å². The number of nitrogens with zero attached hydrogens (tertiary/aromatic N) is 4. The van der Waals surface area contributed by atoms with E-state index in [9.17, 15) is 39.9 Å². The van der Waals surface area contributed by atoms with Crippen molar-refractivity contribution in [2.45, 2.75) is 68.4 Å². The van der Waals surface area contributed by atoms with Crippen LogP contribution in [0.4, 0.5) is 46.5 Å². The molecule has 0 N–H and O–H groups in total. The van der Waals surface area contributed by atoms with Crippen molar-refractivity contribution in [3.05, 3.63) is 151 Å². The molecular weight excluding hydrogens is 892 g/mol. The fourth-order valence-corrected chi connectivity index (χ4v) is 9.26. The van der Waals surface area contributed by atoms with Crippen molar-refractivity contribution in [3.8, 4) is 21.1 Å². The standard InChI is InChI=1S/C20H14F4N2S2.C12H8ClF4NS.C10H9NOS/c1-11-8-14(5-7-17(11)25-3)27-10-18-12(2)26-19(28-18)13-4-6-15(16(21)9-13)20(22,23)24;1-6-10(5-13)19-11(18-6)7-2-3-8(9(14)4-7)12(15,16)17;1-7-6-9(13-8(2)12)4-5-10(7)11-3/h4-9H,10H2,1-2H3;2-4H,5H2,1H3;4-6H,1-2H3. The Morgan fingerprint density at radius 3 is 1.50 bits per heavy atom. The number of carbonyl (C=O) groups excluding carboxylic acids is 1. The van der Waals surface area contributed by atoms with Crippen LogP contribution >= 0.6 is 57.8 Å². The lowest BCUT2D eigenvalue weighted by atomic mass is 10.1. The Balaban J connectivity index is 0.000000214. The van der Waals surface area contributed by atoms with Gasteiger partial charge in [-0.15, -0.1) is 46.0 Å². The van der Waals surface area contributed by atoms with Gasteiger partial charge in [0, 0.05) is 43.3 Å². The summed E-state index contributed by atoms with van der Waals surface area (Å²) < 4.78 is 103. The van der Waals surface area contributed by atoms with Crippen LogP contribution in [0.25, 0.3) is 30.8 Å². The fourth-order valence-electron chi connectivity index (χ4n) is 5.09. The zero-order valence-electron chi connectivity index (χ0n) is 32.1. The average Bonchev–Trinajstić information content (AvgIpc) is 3.74. The lowest BCUT2D eigenvalue weighted by Gasteiger charge is -2.08. The molecule has 0 saturated heterocycles. The summed E-state index contributed by atoms with van der Waals surface area (Å²) in [5, 5.41) is 1.01. The number of carbonyl (C=O) groups is 1. The van der Waals surface area contributed by atoms with Gasteiger partial charge in [-0.1, -0.05) is 60.3 Å². The monoisotopic (exact) mass is 922 g/mol. The molecule has 312 valence electrons. The summed E-state index contributed by atoms with van der Waals surface area (Å²) in [5.74, 6) is -1.70. The third-order valence-corrected chi connectivity index (χ3v) is 13.0. The molecule has 0 aliphatic rings. The molecule has 5 nitrogen and oxygen atoms in total. The largest absolute Gasteiger partial charge is 0.419 e. The number of thioether (sulfide) groups is 2. The van der Waals surface area contributed by atoms with Crippen molar-refractivity contribution < 1.29 is 39.9 Å². The second kappa shape index (κ2) is 20.7. The van der Waals surface area contributed by atoms with E-state index >= 15 is 0 Å². The Morgan fingerprint density at radius 2 is 1.12 bits per heavy atom. The highest BCUT2D eigenvalue weighted by molar-refractivity contribution is 8.13. The maximum absolute atomic E-state index is 13.8. The first-order valence-corrected chi connectivity index (χ1v) is 21.1. The van der Waals surface area contributed by atoms with Crippen molar-refractivity contribution in [1.82, 2.24) is 9.97 Å². The van der Waals surface area contributed by atoms with Gasteiger partial charge in [-0.3, -0.25) is 4.79 Å². The molecule has 4 aromatic carbocycles. The van der Waals surface area contributed by atoms with Gasteiger partial charge >= 0.3 is 12.4 Å². The van der Waals surface area contributed by atoms with E-state index in [0.717, 1.165) is 60.6 Å². The molecule has 6 rings (SSSR count). The maximum atomic E-state index is 13.8. The molecule has 60 heavy (non-hydrogen) atoms. The van der Waals surface area contributed by atoms with Gasteiger partial charge in [-0.05, 0) is 63.1 Å². The van der Waals surface area contributed by atoms with Crippen molar-refractivity contribution in [1.29, 1.82) is 0 Å². The summed E-state index contributed by atoms with van der Waals surface area (Å²) in [4.78, 5) is 29.8. The molecule has 0 spiro atoms. The Hall–Kier alpha value is -4.78. The van der Waals surface area contributed by atoms with Crippen LogP contribution in [0.2, 0.25) is 0 Å². The number of alkyl halides is 7. The maximum Gasteiger partial charge on any atom is 0.419 e. The van der Waals surface area contributed by atoms with Crippen molar-refractivity contribution >= 4 is 74.3 Å². The van der Waals surface area contributed by atoms with Gasteiger partial charge in [-0.25, -0.2) is 28.4 Å². The minimum atomic E-state index is -4.72. The highest BCUT2D eigenvalue weighted by atomic mass is 35.5. The molecule has 0 saturated carbocycles. The predicted molar refractivity (Wildman–Crippen MR) is 225 cm³/mol. The quantitative estimate of drug-likeness (QED) is 0.0691. The summed E-state index contributed by atoms with van der Waals surface area (Å²) in [6, 6.07) is 16.7. The molecule has 0 bridgehead atoms. The number of thiazole rings is 2. The first-order valence-electron chi connectivity index (χ1n) is 17.1. The molecule has 0 aliphatic heterocycles. The highest BCUT2D eigenvalue weighted by Crippen LogP contribution is 2.38. The van der Waals surface area contributed by atoms with Crippen molar-refractivity contribution in [2.75, 3.05) is 0 Å². The molecule has 0 atom stereocenters. The smallest absolute Gasteiger partial charge is 0.287 e. The topological polar surface area (TPSA) is 51.6 Å². The van der Waals surface area contributed by atoms with E-state index in [0.29, 0.717) is 44.0 Å². The second-order valence-electron chi connectivity index (χ2n) is 12.6. The lowest BCUT2D eigenvalue weighted by molar-refractivity contribution is -0.140. The molecular formula is C42H31ClF8N4OS4. The summed E-state index contributed by atoms with van der Waals surface area (Å²) >= 11 is 11.1. The number of halogens is 9. The third kappa shape index (κ3) is 12.9. The number of rotatable bonds is 7. The summed E-state index contributed by atoms with van der Waals surface area (Å²) in [6.45, 7) is 22.8. The predicted octanol–water partition coefficient (Wildman–Crippen LogP) is 15.6. The minimum Gasteiger partial charge on any atom is -0.287 e. The van der Waals surface area contributed by atoms with Crippen LogP contribution in [0.15, 0.2) is 82.6 Å². The number of aryl methyl sites for hydroxylation is 4. The van der Waals surface area contributed by atoms with Crippen LogP contribution in [0.1, 0.15) is 50.3 Å². The van der Waals surface area contributed by atoms with Crippen molar-refractivity contribution in [3.63, 3.8) is 0 Å². The number of aromatic nitrogens is 2. The van der Waals surface area contributed by atoms with E-state index < -0.39 is 35.1 Å². The Labute approximate surface area is 362 Å². The minimum absolute atomic E-state index is 0.0648. The van der Waals surface area contributed by atoms with E-state index in [1.807, 2.05) is 39.0 Å². The van der Waals surface area contributed by atoms with Crippen LogP contribution in [-0.4, -0.2) is 15.1 Å². The van der Waals surface area contributed by atoms with Crippen LogP contribution in [0.3, 0.4) is 0 Å². The van der Waals surface area contributed by atoms with Crippen LogP contribution in [-0.2, 0) is 28.8 Å². The van der Waals surface area contributed by atoms with E-state index in [-0.39, 0.29) is 11.0 Å². The zero-order valence-corrected chi connectivity index (χ0v) is 36.1. The summed E-state index contributed by atoms with van der Waals surface area (Å²) in [5.41, 5.74) is 2.64. The van der Waals surface area contributed by atoms with Crippen LogP contribution in [0, 0.1) is 52.5 Å². The number of benzene rings is 4. The van der Waals surface area contributed by atoms with E-state index in [2.05, 4.69) is 19.7 Å². The van der Waals surface area contributed by atoms with Crippen molar-refractivity contribution in [2.24, 2.45) is 0 Å². The average molecular weight is 923 g/mol. The Kier molecular flexibility index (Phi) is 16.5. The number of hydrogen-bond donors (Lipinski definition) is 0. The Bertz CT molecular complexity index is 2590. The SMILES string of the molecule is Cc1nc(-c2ccc(C(F)(F)F)c(F)c2)sc1CCl.[C-]#[N+]c1ccc(SC(C)=O)cc1C.[C-]#[N+]c1ccc(SCc2sc(-c3ccc(C(F)(F)F)c(F)c3)nc2C)cc1C. The number of hydrogen-bond acceptors (Lipinski definition) is 7. The van der Waals surface area contributed by atoms with E-state index in [1.165, 1.54) is 53.5 Å². The van der Waals surface area contributed by atoms with Gasteiger partial charge in [0.15, 0.2) is 16.5 Å². The molecule has 18 heteroatoms. The molecule has 2 aromatic heterocycles. The molecule has 0 radical (unpaired) electrons. The third-order valence-electron chi connectivity index (χ3n) is 8.16. The first kappa shape index (κ1) is 47.9. The van der Waals surface area contributed by atoms with Gasteiger partial charge in [0.2, 0.25) is 0 Å². The van der Waals surface area contributed by atoms with Gasteiger partial charge in [-0.2, -0.15) is 26.3 Å². The van der Waals surface area contributed by atoms with Gasteiger partial charge in [0.05, 0.1) is 41.5 Å². The summed E-state index contributed by atoms with van der Waals surface area (Å²) in [7, 11) is 0. The normalized spacial score (nSPS) is 11.1. The van der Waals surface area contributed by atoms with Gasteiger partial charge in [0.1, 0.15) is 21.6 Å². The van der Waals surface area contributed by atoms with E-state index in [1.54, 1.807) is 36.9 Å². The second-order valence-corrected chi connectivity index (χ2v) is 17.3. The Morgan fingerprint density at radius 1 is 0.683 bits per heavy atom. The molecule has 0 aliphatic carbocycles. The molecule has 0 unspecified atom stereocenters. The van der Waals surface area contributed by atoms with Gasteiger partial charge < -0.3 is 0 Å². The highest BCUT2D eigenvalue weighted by Gasteiger charge is 2.35.